The fourth-order valence-electron chi connectivity index (χ4n) is 3.66. The van der Waals surface area contributed by atoms with Crippen molar-refractivity contribution in [3.8, 4) is 5.75 Å². The zero-order chi connectivity index (χ0) is 24.5. The molecule has 0 aliphatic carbocycles. The summed E-state index contributed by atoms with van der Waals surface area (Å²) in [5.74, 6) is 0.101. The molecule has 0 bridgehead atoms. The average molecular weight is 588 g/mol. The summed E-state index contributed by atoms with van der Waals surface area (Å²) in [7, 11) is 1.59. The molecule has 5 nitrogen and oxygen atoms in total. The smallest absolute Gasteiger partial charge is 0.261 e. The highest BCUT2D eigenvalue weighted by Crippen LogP contribution is 2.26. The number of halogens is 2. The van der Waals surface area contributed by atoms with Crippen LogP contribution in [0.1, 0.15) is 23.6 Å². The molecule has 3 aromatic rings. The molecule has 0 saturated heterocycles. The minimum atomic E-state index is -0.687. The van der Waals surface area contributed by atoms with Crippen molar-refractivity contribution in [2.24, 2.45) is 0 Å². The summed E-state index contributed by atoms with van der Waals surface area (Å²) in [6.07, 6.45) is 1.31. The van der Waals surface area contributed by atoms with Crippen LogP contribution in [0.15, 0.2) is 81.7 Å². The molecule has 3 rings (SSSR count). The van der Waals surface area contributed by atoms with Gasteiger partial charge in [0.05, 0.1) is 4.47 Å². The van der Waals surface area contributed by atoms with Crippen molar-refractivity contribution in [2.45, 2.75) is 32.4 Å². The van der Waals surface area contributed by atoms with Gasteiger partial charge in [0.15, 0.2) is 6.61 Å². The maximum atomic E-state index is 13.5. The molecule has 178 valence electrons. The minimum Gasteiger partial charge on any atom is -0.483 e. The summed E-state index contributed by atoms with van der Waals surface area (Å²) in [5.41, 5.74) is 3.06. The van der Waals surface area contributed by atoms with E-state index >= 15 is 0 Å². The number of carbonyl (C=O) groups is 2. The lowest BCUT2D eigenvalue weighted by Gasteiger charge is -2.31. The van der Waals surface area contributed by atoms with Crippen LogP contribution in [0.4, 0.5) is 0 Å². The van der Waals surface area contributed by atoms with Crippen molar-refractivity contribution in [3.63, 3.8) is 0 Å². The first-order valence-corrected chi connectivity index (χ1v) is 12.7. The van der Waals surface area contributed by atoms with Crippen LogP contribution in [-0.4, -0.2) is 36.4 Å². The molecule has 7 heteroatoms. The molecule has 1 unspecified atom stereocenters. The van der Waals surface area contributed by atoms with Crippen molar-refractivity contribution in [2.75, 3.05) is 13.7 Å². The molecule has 0 spiro atoms. The van der Waals surface area contributed by atoms with Gasteiger partial charge >= 0.3 is 0 Å². The Bertz CT molecular complexity index is 1120. The fourth-order valence-corrected chi connectivity index (χ4v) is 4.64. The Kier molecular flexibility index (Phi) is 9.72. The first-order chi connectivity index (χ1) is 16.4. The van der Waals surface area contributed by atoms with Crippen molar-refractivity contribution < 1.29 is 14.3 Å². The number of likely N-dealkylation sites (N-methyl/N-ethyl adjacent to an activating group) is 1. The predicted molar refractivity (Wildman–Crippen MR) is 142 cm³/mol. The first kappa shape index (κ1) is 26.0. The van der Waals surface area contributed by atoms with Crippen molar-refractivity contribution >= 4 is 43.7 Å². The minimum absolute atomic E-state index is 0.180. The molecule has 34 heavy (non-hydrogen) atoms. The number of hydrogen-bond acceptors (Lipinski definition) is 3. The number of aryl methyl sites for hydroxylation is 1. The number of ether oxygens (including phenoxy) is 1. The van der Waals surface area contributed by atoms with E-state index in [1.54, 1.807) is 11.9 Å². The molecule has 3 aromatic carbocycles. The summed E-state index contributed by atoms with van der Waals surface area (Å²) in [5, 5.41) is 2.72. The summed E-state index contributed by atoms with van der Waals surface area (Å²) in [4.78, 5) is 28.0. The van der Waals surface area contributed by atoms with E-state index in [4.69, 9.17) is 4.74 Å². The normalized spacial score (nSPS) is 11.5. The van der Waals surface area contributed by atoms with Gasteiger partial charge in [-0.1, -0.05) is 71.4 Å². The quantitative estimate of drug-likeness (QED) is 0.339. The number of hydrogen-bond donors (Lipinski definition) is 1. The molecule has 1 N–H and O–H groups in total. The molecular formula is C27H28Br2N2O3. The summed E-state index contributed by atoms with van der Waals surface area (Å²) in [6.45, 7) is 2.18. The van der Waals surface area contributed by atoms with E-state index in [1.165, 1.54) is 5.56 Å². The van der Waals surface area contributed by atoms with Gasteiger partial charge in [-0.15, -0.1) is 0 Å². The number of nitrogens with zero attached hydrogens (tertiary/aromatic N) is 1. The third-order valence-electron chi connectivity index (χ3n) is 5.52. The number of carbonyl (C=O) groups excluding carboxylic acids is 2. The monoisotopic (exact) mass is 586 g/mol. The van der Waals surface area contributed by atoms with E-state index in [0.717, 1.165) is 26.5 Å². The second-order valence-corrected chi connectivity index (χ2v) is 9.65. The lowest BCUT2D eigenvalue weighted by molar-refractivity contribution is -0.142. The second-order valence-electron chi connectivity index (χ2n) is 7.88. The fraction of sp³-hybridized carbons (Fsp3) is 0.259. The lowest BCUT2D eigenvalue weighted by atomic mass is 10.0. The van der Waals surface area contributed by atoms with Crippen LogP contribution < -0.4 is 10.1 Å². The topological polar surface area (TPSA) is 58.6 Å². The number of rotatable bonds is 10. The summed E-state index contributed by atoms with van der Waals surface area (Å²) < 4.78 is 7.58. The van der Waals surface area contributed by atoms with E-state index in [-0.39, 0.29) is 25.0 Å². The van der Waals surface area contributed by atoms with Crippen molar-refractivity contribution in [1.82, 2.24) is 10.2 Å². The van der Waals surface area contributed by atoms with Crippen LogP contribution in [0.5, 0.6) is 5.75 Å². The van der Waals surface area contributed by atoms with Crippen LogP contribution in [-0.2, 0) is 29.0 Å². The number of nitrogens with one attached hydrogen (secondary N) is 1. The Labute approximate surface area is 217 Å². The Morgan fingerprint density at radius 1 is 0.941 bits per heavy atom. The Morgan fingerprint density at radius 3 is 2.32 bits per heavy atom. The molecule has 1 atom stereocenters. The van der Waals surface area contributed by atoms with Crippen LogP contribution in [0.3, 0.4) is 0 Å². The van der Waals surface area contributed by atoms with E-state index < -0.39 is 6.04 Å². The van der Waals surface area contributed by atoms with Gasteiger partial charge in [0.2, 0.25) is 5.91 Å². The molecule has 0 heterocycles. The summed E-state index contributed by atoms with van der Waals surface area (Å²) >= 11 is 7.02. The van der Waals surface area contributed by atoms with E-state index in [2.05, 4.69) is 44.1 Å². The molecule has 0 radical (unpaired) electrons. The van der Waals surface area contributed by atoms with E-state index in [9.17, 15) is 9.59 Å². The molecule has 2 amide bonds. The first-order valence-electron chi connectivity index (χ1n) is 11.1. The molecular weight excluding hydrogens is 560 g/mol. The van der Waals surface area contributed by atoms with Gasteiger partial charge in [0.1, 0.15) is 11.8 Å². The molecule has 0 saturated carbocycles. The average Bonchev–Trinajstić information content (AvgIpc) is 2.85. The maximum Gasteiger partial charge on any atom is 0.261 e. The zero-order valence-electron chi connectivity index (χ0n) is 19.3. The van der Waals surface area contributed by atoms with Crippen molar-refractivity contribution in [3.05, 3.63) is 98.4 Å². The third kappa shape index (κ3) is 7.18. The SMILES string of the molecule is CCc1ccc(OCC(=O)N(Cc2cccc(Br)c2)C(Cc2ccccc2)C(=O)NC)c(Br)c1. The van der Waals surface area contributed by atoms with Crippen LogP contribution in [0.2, 0.25) is 0 Å². The van der Waals surface area contributed by atoms with Gasteiger partial charge in [0, 0.05) is 24.5 Å². The maximum absolute atomic E-state index is 13.5. The van der Waals surface area contributed by atoms with Gasteiger partial charge in [-0.25, -0.2) is 0 Å². The number of benzene rings is 3. The van der Waals surface area contributed by atoms with Gasteiger partial charge in [0.25, 0.3) is 5.91 Å². The molecule has 0 aliphatic rings. The highest BCUT2D eigenvalue weighted by atomic mass is 79.9. The van der Waals surface area contributed by atoms with Gasteiger partial charge in [-0.05, 0) is 63.3 Å². The Hall–Kier alpha value is -2.64. The van der Waals surface area contributed by atoms with Crippen molar-refractivity contribution in [1.29, 1.82) is 0 Å². The second kappa shape index (κ2) is 12.7. The molecule has 0 fully saturated rings. The molecule has 0 aliphatic heterocycles. The van der Waals surface area contributed by atoms with E-state index in [0.29, 0.717) is 12.2 Å². The largest absolute Gasteiger partial charge is 0.483 e. The molecule has 0 aromatic heterocycles. The Balaban J connectivity index is 1.87. The predicted octanol–water partition coefficient (Wildman–Crippen LogP) is 5.54. The van der Waals surface area contributed by atoms with Gasteiger partial charge < -0.3 is 15.0 Å². The van der Waals surface area contributed by atoms with Crippen LogP contribution >= 0.6 is 31.9 Å². The Morgan fingerprint density at radius 2 is 1.68 bits per heavy atom. The number of amides is 2. The van der Waals surface area contributed by atoms with Crippen LogP contribution in [0, 0.1) is 0 Å². The highest BCUT2D eigenvalue weighted by molar-refractivity contribution is 9.10. The summed E-state index contributed by atoms with van der Waals surface area (Å²) in [6, 6.07) is 22.6. The third-order valence-corrected chi connectivity index (χ3v) is 6.63. The standard InChI is InChI=1S/C27H28Br2N2O3/c1-3-19-12-13-25(23(29)15-19)34-18-26(32)31(17-21-10-7-11-22(28)14-21)24(27(33)30-2)16-20-8-5-4-6-9-20/h4-15,24H,3,16-18H2,1-2H3,(H,30,33). The lowest BCUT2D eigenvalue weighted by Crippen LogP contribution is -2.51. The highest BCUT2D eigenvalue weighted by Gasteiger charge is 2.30. The van der Waals surface area contributed by atoms with Crippen LogP contribution in [0.25, 0.3) is 0 Å². The van der Waals surface area contributed by atoms with Gasteiger partial charge in [-0.2, -0.15) is 0 Å². The van der Waals surface area contributed by atoms with Gasteiger partial charge in [-0.3, -0.25) is 9.59 Å². The zero-order valence-corrected chi connectivity index (χ0v) is 22.4. The van der Waals surface area contributed by atoms with E-state index in [1.807, 2.05) is 72.8 Å².